The Morgan fingerprint density at radius 2 is 2.00 bits per heavy atom. The summed E-state index contributed by atoms with van der Waals surface area (Å²) in [5, 5.41) is 3.38. The highest BCUT2D eigenvalue weighted by Gasteiger charge is 2.28. The van der Waals surface area contributed by atoms with E-state index in [4.69, 9.17) is 4.74 Å². The molecule has 1 aliphatic heterocycles. The molecule has 100 valence electrons. The number of nitrogens with zero attached hydrogens (tertiary/aromatic N) is 1. The van der Waals surface area contributed by atoms with E-state index in [0.29, 0.717) is 12.6 Å². The molecule has 1 rings (SSSR count). The first kappa shape index (κ1) is 14.5. The average Bonchev–Trinajstić information content (AvgIpc) is 2.80. The van der Waals surface area contributed by atoms with E-state index in [1.807, 2.05) is 13.8 Å². The third kappa shape index (κ3) is 4.28. The van der Waals surface area contributed by atoms with Gasteiger partial charge in [-0.15, -0.1) is 0 Å². The lowest BCUT2D eigenvalue weighted by atomic mass is 9.94. The van der Waals surface area contributed by atoms with Crippen molar-refractivity contribution in [1.29, 1.82) is 0 Å². The van der Waals surface area contributed by atoms with Gasteiger partial charge >= 0.3 is 5.97 Å². The Balaban J connectivity index is 2.24. The van der Waals surface area contributed by atoms with E-state index in [1.54, 1.807) is 0 Å². The third-order valence-electron chi connectivity index (χ3n) is 3.51. The van der Waals surface area contributed by atoms with Crippen LogP contribution in [0, 0.1) is 5.41 Å². The van der Waals surface area contributed by atoms with Gasteiger partial charge in [0.25, 0.3) is 0 Å². The summed E-state index contributed by atoms with van der Waals surface area (Å²) in [6.45, 7) is 10.1. The minimum Gasteiger partial charge on any atom is -0.469 e. The second-order valence-corrected chi connectivity index (χ2v) is 5.60. The molecule has 0 spiro atoms. The van der Waals surface area contributed by atoms with Crippen molar-refractivity contribution in [2.75, 3.05) is 33.3 Å². The number of carbonyl (C=O) groups is 1. The summed E-state index contributed by atoms with van der Waals surface area (Å²) < 4.78 is 4.78. The zero-order valence-corrected chi connectivity index (χ0v) is 11.6. The van der Waals surface area contributed by atoms with Gasteiger partial charge in [0.15, 0.2) is 0 Å². The highest BCUT2D eigenvalue weighted by molar-refractivity contribution is 5.76. The molecular formula is C13H26N2O2. The van der Waals surface area contributed by atoms with Gasteiger partial charge in [-0.3, -0.25) is 9.69 Å². The van der Waals surface area contributed by atoms with Gasteiger partial charge in [-0.2, -0.15) is 0 Å². The van der Waals surface area contributed by atoms with E-state index in [9.17, 15) is 4.79 Å². The molecule has 1 atom stereocenters. The number of hydrogen-bond acceptors (Lipinski definition) is 4. The number of carbonyl (C=O) groups excluding carboxylic acids is 1. The van der Waals surface area contributed by atoms with Crippen LogP contribution in [0.25, 0.3) is 0 Å². The van der Waals surface area contributed by atoms with E-state index in [0.717, 1.165) is 6.54 Å². The lowest BCUT2D eigenvalue weighted by molar-refractivity contribution is -0.150. The Morgan fingerprint density at radius 1 is 1.41 bits per heavy atom. The standard InChI is InChI=1S/C13H26N2O2/c1-11(15-7-5-6-8-15)9-14-10-13(2,3)12(16)17-4/h11,14H,5-10H2,1-4H3. The lowest BCUT2D eigenvalue weighted by Gasteiger charge is -2.27. The topological polar surface area (TPSA) is 41.6 Å². The largest absolute Gasteiger partial charge is 0.469 e. The van der Waals surface area contributed by atoms with E-state index in [1.165, 1.54) is 33.0 Å². The molecule has 0 saturated carbocycles. The minimum atomic E-state index is -0.445. The highest BCUT2D eigenvalue weighted by atomic mass is 16.5. The van der Waals surface area contributed by atoms with Crippen molar-refractivity contribution in [3.8, 4) is 0 Å². The summed E-state index contributed by atoms with van der Waals surface area (Å²) in [6.07, 6.45) is 2.63. The Morgan fingerprint density at radius 3 is 2.53 bits per heavy atom. The highest BCUT2D eigenvalue weighted by Crippen LogP contribution is 2.16. The van der Waals surface area contributed by atoms with Gasteiger partial charge in [0.1, 0.15) is 0 Å². The van der Waals surface area contributed by atoms with Gasteiger partial charge in [-0.1, -0.05) is 0 Å². The van der Waals surface area contributed by atoms with Gasteiger partial charge < -0.3 is 10.1 Å². The summed E-state index contributed by atoms with van der Waals surface area (Å²) in [5.41, 5.74) is -0.445. The van der Waals surface area contributed by atoms with E-state index >= 15 is 0 Å². The van der Waals surface area contributed by atoms with Crippen molar-refractivity contribution in [3.63, 3.8) is 0 Å². The molecular weight excluding hydrogens is 216 g/mol. The smallest absolute Gasteiger partial charge is 0.312 e. The number of likely N-dealkylation sites (tertiary alicyclic amines) is 1. The van der Waals surface area contributed by atoms with Crippen LogP contribution >= 0.6 is 0 Å². The zero-order valence-electron chi connectivity index (χ0n) is 11.6. The second-order valence-electron chi connectivity index (χ2n) is 5.60. The summed E-state index contributed by atoms with van der Waals surface area (Å²) in [6, 6.07) is 0.547. The van der Waals surface area contributed by atoms with Crippen LogP contribution in [0.4, 0.5) is 0 Å². The maximum Gasteiger partial charge on any atom is 0.312 e. The van der Waals surface area contributed by atoms with Crippen LogP contribution in [0.1, 0.15) is 33.6 Å². The molecule has 0 amide bonds. The predicted octanol–water partition coefficient (Wildman–Crippen LogP) is 1.26. The number of methoxy groups -OCH3 is 1. The van der Waals surface area contributed by atoms with Crippen molar-refractivity contribution in [1.82, 2.24) is 10.2 Å². The Kier molecular flexibility index (Phi) is 5.40. The van der Waals surface area contributed by atoms with Crippen LogP contribution in [-0.4, -0.2) is 50.2 Å². The second kappa shape index (κ2) is 6.36. The minimum absolute atomic E-state index is 0.154. The number of nitrogens with one attached hydrogen (secondary N) is 1. The molecule has 1 N–H and O–H groups in total. The first-order chi connectivity index (χ1) is 7.97. The van der Waals surface area contributed by atoms with E-state index in [2.05, 4.69) is 17.1 Å². The summed E-state index contributed by atoms with van der Waals surface area (Å²) in [5.74, 6) is -0.154. The molecule has 0 radical (unpaired) electrons. The average molecular weight is 242 g/mol. The van der Waals surface area contributed by atoms with Crippen LogP contribution in [0.5, 0.6) is 0 Å². The normalized spacial score (nSPS) is 19.3. The SMILES string of the molecule is COC(=O)C(C)(C)CNCC(C)N1CCCC1. The predicted molar refractivity (Wildman–Crippen MR) is 68.9 cm³/mol. The van der Waals surface area contributed by atoms with Crippen molar-refractivity contribution < 1.29 is 9.53 Å². The van der Waals surface area contributed by atoms with Crippen LogP contribution in [0.3, 0.4) is 0 Å². The van der Waals surface area contributed by atoms with Crippen LogP contribution in [0.15, 0.2) is 0 Å². The zero-order chi connectivity index (χ0) is 12.9. The quantitative estimate of drug-likeness (QED) is 0.712. The maximum atomic E-state index is 11.5. The van der Waals surface area contributed by atoms with E-state index in [-0.39, 0.29) is 5.97 Å². The van der Waals surface area contributed by atoms with Crippen molar-refractivity contribution in [3.05, 3.63) is 0 Å². The van der Waals surface area contributed by atoms with Gasteiger partial charge in [0.05, 0.1) is 12.5 Å². The fourth-order valence-corrected chi connectivity index (χ4v) is 2.25. The molecule has 0 aromatic carbocycles. The monoisotopic (exact) mass is 242 g/mol. The van der Waals surface area contributed by atoms with Gasteiger partial charge in [-0.05, 0) is 46.7 Å². The molecule has 1 unspecified atom stereocenters. The summed E-state index contributed by atoms with van der Waals surface area (Å²) >= 11 is 0. The Hall–Kier alpha value is -0.610. The molecule has 17 heavy (non-hydrogen) atoms. The Bertz CT molecular complexity index is 248. The van der Waals surface area contributed by atoms with Crippen molar-refractivity contribution >= 4 is 5.97 Å². The Labute approximate surface area is 105 Å². The maximum absolute atomic E-state index is 11.5. The lowest BCUT2D eigenvalue weighted by Crippen LogP contribution is -2.43. The summed E-state index contributed by atoms with van der Waals surface area (Å²) in [4.78, 5) is 14.0. The molecule has 1 fully saturated rings. The van der Waals surface area contributed by atoms with Crippen molar-refractivity contribution in [2.45, 2.75) is 39.7 Å². The van der Waals surface area contributed by atoms with Crippen molar-refractivity contribution in [2.24, 2.45) is 5.41 Å². The first-order valence-electron chi connectivity index (χ1n) is 6.50. The molecule has 1 saturated heterocycles. The first-order valence-corrected chi connectivity index (χ1v) is 6.50. The number of hydrogen-bond donors (Lipinski definition) is 1. The number of ether oxygens (including phenoxy) is 1. The number of esters is 1. The molecule has 4 nitrogen and oxygen atoms in total. The molecule has 0 aromatic heterocycles. The van der Waals surface area contributed by atoms with E-state index < -0.39 is 5.41 Å². The third-order valence-corrected chi connectivity index (χ3v) is 3.51. The molecule has 0 aromatic rings. The van der Waals surface area contributed by atoms with Gasteiger partial charge in [0, 0.05) is 19.1 Å². The van der Waals surface area contributed by atoms with Crippen LogP contribution in [-0.2, 0) is 9.53 Å². The molecule has 0 aliphatic carbocycles. The molecule has 1 aliphatic rings. The van der Waals surface area contributed by atoms with Crippen LogP contribution in [0.2, 0.25) is 0 Å². The molecule has 0 bridgehead atoms. The fraction of sp³-hybridized carbons (Fsp3) is 0.923. The van der Waals surface area contributed by atoms with Crippen LogP contribution < -0.4 is 5.32 Å². The van der Waals surface area contributed by atoms with Gasteiger partial charge in [-0.25, -0.2) is 0 Å². The summed E-state index contributed by atoms with van der Waals surface area (Å²) in [7, 11) is 1.44. The van der Waals surface area contributed by atoms with Gasteiger partial charge in [0.2, 0.25) is 0 Å². The molecule has 4 heteroatoms. The fourth-order valence-electron chi connectivity index (χ4n) is 2.25. The molecule has 1 heterocycles. The number of rotatable bonds is 6.